The van der Waals surface area contributed by atoms with E-state index in [0.717, 1.165) is 42.0 Å². The summed E-state index contributed by atoms with van der Waals surface area (Å²) in [7, 11) is 0.861. The molecule has 1 fully saturated rings. The quantitative estimate of drug-likeness (QED) is 0.689. The van der Waals surface area contributed by atoms with Crippen molar-refractivity contribution in [2.24, 2.45) is 0 Å². The Morgan fingerprint density at radius 1 is 1.29 bits per heavy atom. The smallest absolute Gasteiger partial charge is 0.160 e. The predicted molar refractivity (Wildman–Crippen MR) is 114 cm³/mol. The highest BCUT2D eigenvalue weighted by Crippen LogP contribution is 2.63. The van der Waals surface area contributed by atoms with E-state index in [2.05, 4.69) is 10.3 Å². The van der Waals surface area contributed by atoms with Gasteiger partial charge in [-0.1, -0.05) is 6.07 Å². The number of hydrogen-bond acceptors (Lipinski definition) is 5. The van der Waals surface area contributed by atoms with E-state index in [9.17, 15) is 9.67 Å². The largest absolute Gasteiger partial charge is 0.504 e. The molecule has 0 saturated carbocycles. The van der Waals surface area contributed by atoms with Crippen molar-refractivity contribution in [2.45, 2.75) is 32.3 Å². The van der Waals surface area contributed by atoms with E-state index in [-0.39, 0.29) is 11.4 Å². The molecule has 2 heterocycles. The molecular weight excluding hydrogens is 373 g/mol. The molecular formula is C21H30N3O3P. The molecule has 1 aromatic heterocycles. The molecule has 0 radical (unpaired) electrons. The normalized spacial score (nSPS) is 21.3. The number of aryl methyl sites for hydroxylation is 2. The number of anilines is 1. The molecule has 152 valence electrons. The number of nitrogens with one attached hydrogen (secondary N) is 1. The molecule has 0 amide bonds. The minimum absolute atomic E-state index is 0.0896. The monoisotopic (exact) mass is 403 g/mol. The van der Waals surface area contributed by atoms with Gasteiger partial charge in [0.1, 0.15) is 0 Å². The molecule has 2 atom stereocenters. The molecule has 1 aliphatic heterocycles. The van der Waals surface area contributed by atoms with E-state index in [0.29, 0.717) is 18.5 Å². The number of benzene rings is 1. The molecule has 0 bridgehead atoms. The van der Waals surface area contributed by atoms with Crippen molar-refractivity contribution in [2.75, 3.05) is 38.7 Å². The van der Waals surface area contributed by atoms with Crippen molar-refractivity contribution in [3.05, 3.63) is 47.3 Å². The number of pyridine rings is 1. The lowest BCUT2D eigenvalue weighted by Gasteiger charge is -2.38. The Morgan fingerprint density at radius 2 is 2.07 bits per heavy atom. The number of aromatic nitrogens is 1. The molecule has 0 spiro atoms. The van der Waals surface area contributed by atoms with Gasteiger partial charge in [0.05, 0.1) is 24.2 Å². The van der Waals surface area contributed by atoms with Gasteiger partial charge in [0.25, 0.3) is 0 Å². The van der Waals surface area contributed by atoms with Gasteiger partial charge in [0.2, 0.25) is 0 Å². The highest BCUT2D eigenvalue weighted by Gasteiger charge is 2.39. The summed E-state index contributed by atoms with van der Waals surface area (Å²) in [6.45, 7) is 5.31. The Labute approximate surface area is 167 Å². The molecule has 3 rings (SSSR count). The summed E-state index contributed by atoms with van der Waals surface area (Å²) in [4.78, 5) is 4.51. The molecule has 1 aliphatic rings. The second-order valence-electron chi connectivity index (χ2n) is 7.48. The Hall–Kier alpha value is -2.04. The van der Waals surface area contributed by atoms with Crippen LogP contribution in [0.25, 0.3) is 0 Å². The highest BCUT2D eigenvalue weighted by atomic mass is 31.2. The zero-order valence-electron chi connectivity index (χ0n) is 17.1. The summed E-state index contributed by atoms with van der Waals surface area (Å²) >= 11 is 0. The molecule has 0 aliphatic carbocycles. The van der Waals surface area contributed by atoms with Crippen molar-refractivity contribution in [1.82, 2.24) is 9.65 Å². The lowest BCUT2D eigenvalue weighted by atomic mass is 10.1. The van der Waals surface area contributed by atoms with E-state index >= 15 is 0 Å². The Balaban J connectivity index is 1.95. The average Bonchev–Trinajstić information content (AvgIpc) is 2.67. The van der Waals surface area contributed by atoms with Crippen molar-refractivity contribution in [1.29, 1.82) is 0 Å². The van der Waals surface area contributed by atoms with Gasteiger partial charge < -0.3 is 19.7 Å². The van der Waals surface area contributed by atoms with Crippen molar-refractivity contribution in [3.8, 4) is 11.5 Å². The van der Waals surface area contributed by atoms with E-state index in [4.69, 9.17) is 4.74 Å². The predicted octanol–water partition coefficient (Wildman–Crippen LogP) is 4.57. The molecule has 1 saturated heterocycles. The minimum atomic E-state index is -2.63. The van der Waals surface area contributed by atoms with Crippen LogP contribution in [0.15, 0.2) is 30.3 Å². The van der Waals surface area contributed by atoms with Gasteiger partial charge in [-0.15, -0.1) is 0 Å². The maximum atomic E-state index is 14.1. The third-order valence-corrected chi connectivity index (χ3v) is 9.34. The number of aromatic hydroxyl groups is 1. The zero-order chi connectivity index (χ0) is 20.3. The van der Waals surface area contributed by atoms with Gasteiger partial charge in [0, 0.05) is 24.9 Å². The lowest BCUT2D eigenvalue weighted by Crippen LogP contribution is -2.29. The molecule has 2 unspecified atom stereocenters. The maximum absolute atomic E-state index is 14.1. The van der Waals surface area contributed by atoms with Crippen LogP contribution in [-0.2, 0) is 4.57 Å². The summed E-state index contributed by atoms with van der Waals surface area (Å²) in [6.07, 6.45) is 2.74. The number of phenolic OH excluding ortho intramolecular Hbond substituents is 1. The summed E-state index contributed by atoms with van der Waals surface area (Å²) in [5.41, 5.74) is 3.57. The van der Waals surface area contributed by atoms with Crippen LogP contribution in [0.3, 0.4) is 0 Å². The van der Waals surface area contributed by atoms with Gasteiger partial charge in [-0.2, -0.15) is 0 Å². The molecule has 1 aromatic carbocycles. The fourth-order valence-corrected chi connectivity index (χ4v) is 7.18. The van der Waals surface area contributed by atoms with Crippen LogP contribution in [-0.4, -0.2) is 48.2 Å². The van der Waals surface area contributed by atoms with E-state index in [1.807, 2.05) is 49.8 Å². The number of rotatable bonds is 6. The van der Waals surface area contributed by atoms with Gasteiger partial charge in [-0.05, 0) is 63.6 Å². The van der Waals surface area contributed by atoms with Crippen LogP contribution in [0.1, 0.15) is 35.5 Å². The Morgan fingerprint density at radius 3 is 2.75 bits per heavy atom. The van der Waals surface area contributed by atoms with Gasteiger partial charge in [-0.25, -0.2) is 0 Å². The van der Waals surface area contributed by atoms with Crippen LogP contribution < -0.4 is 10.1 Å². The Bertz CT molecular complexity index is 887. The van der Waals surface area contributed by atoms with Crippen LogP contribution in [0.4, 0.5) is 5.69 Å². The van der Waals surface area contributed by atoms with Gasteiger partial charge >= 0.3 is 0 Å². The minimum Gasteiger partial charge on any atom is -0.504 e. The van der Waals surface area contributed by atoms with Crippen molar-refractivity contribution >= 4 is 13.0 Å². The van der Waals surface area contributed by atoms with Gasteiger partial charge in [-0.3, -0.25) is 9.65 Å². The molecule has 28 heavy (non-hydrogen) atoms. The number of nitrogens with zero attached hydrogens (tertiary/aromatic N) is 2. The van der Waals surface area contributed by atoms with Gasteiger partial charge in [0.15, 0.2) is 18.8 Å². The first-order chi connectivity index (χ1) is 13.3. The Kier molecular flexibility index (Phi) is 6.31. The summed E-state index contributed by atoms with van der Waals surface area (Å²) < 4.78 is 21.4. The molecule has 2 N–H and O–H groups in total. The van der Waals surface area contributed by atoms with Crippen LogP contribution >= 0.6 is 7.29 Å². The lowest BCUT2D eigenvalue weighted by molar-refractivity contribution is 0.372. The van der Waals surface area contributed by atoms with E-state index < -0.39 is 7.29 Å². The summed E-state index contributed by atoms with van der Waals surface area (Å²) in [5.74, 6) is 0.494. The summed E-state index contributed by atoms with van der Waals surface area (Å²) in [5, 5.41) is 13.5. The SMILES string of the molecule is COc1cc(C(CNc2ccc(C)nc2C)P2(=O)CCCCN2C)ccc1O. The van der Waals surface area contributed by atoms with Crippen molar-refractivity contribution < 1.29 is 14.4 Å². The second-order valence-corrected chi connectivity index (χ2v) is 10.7. The highest BCUT2D eigenvalue weighted by molar-refractivity contribution is 7.62. The molecule has 7 heteroatoms. The molecule has 2 aromatic rings. The summed E-state index contributed by atoms with van der Waals surface area (Å²) in [6, 6.07) is 9.28. The number of ether oxygens (including phenoxy) is 1. The number of phenols is 1. The van der Waals surface area contributed by atoms with Crippen LogP contribution in [0.2, 0.25) is 0 Å². The first-order valence-electron chi connectivity index (χ1n) is 9.70. The fourth-order valence-electron chi connectivity index (χ4n) is 3.89. The first kappa shape index (κ1) is 20.7. The zero-order valence-corrected chi connectivity index (χ0v) is 18.0. The standard InChI is InChI=1S/C21H30N3O3P/c1-15-7-9-18(16(2)23-15)22-14-21(28(26)12-6-5-11-24(28)3)17-8-10-19(25)20(13-17)27-4/h7-10,13,21-22,25H,5-6,11-12,14H2,1-4H3. The first-order valence-corrected chi connectivity index (χ1v) is 11.6. The fraction of sp³-hybridized carbons (Fsp3) is 0.476. The van der Waals surface area contributed by atoms with Crippen LogP contribution in [0.5, 0.6) is 11.5 Å². The molecule has 6 nitrogen and oxygen atoms in total. The topological polar surface area (TPSA) is 74.7 Å². The number of methoxy groups -OCH3 is 1. The van der Waals surface area contributed by atoms with Crippen LogP contribution in [0, 0.1) is 13.8 Å². The van der Waals surface area contributed by atoms with Crippen molar-refractivity contribution in [3.63, 3.8) is 0 Å². The average molecular weight is 403 g/mol. The second kappa shape index (κ2) is 8.54. The third-order valence-electron chi connectivity index (χ3n) is 5.57. The number of hydrogen-bond donors (Lipinski definition) is 2. The van der Waals surface area contributed by atoms with E-state index in [1.165, 1.54) is 7.11 Å². The maximum Gasteiger partial charge on any atom is 0.160 e. The van der Waals surface area contributed by atoms with E-state index in [1.54, 1.807) is 6.07 Å². The third kappa shape index (κ3) is 4.18.